The van der Waals surface area contributed by atoms with Crippen molar-refractivity contribution in [1.82, 2.24) is 30.3 Å². The second-order valence-corrected chi connectivity index (χ2v) is 10.2. The lowest BCUT2D eigenvalue weighted by Gasteiger charge is -2.17. The molecule has 1 amide bonds. The highest BCUT2D eigenvalue weighted by atomic mass is 32.2. The number of sulfone groups is 1. The summed E-state index contributed by atoms with van der Waals surface area (Å²) in [5, 5.41) is 17.7. The van der Waals surface area contributed by atoms with Gasteiger partial charge in [-0.15, -0.1) is 10.2 Å². The van der Waals surface area contributed by atoms with E-state index in [0.29, 0.717) is 36.4 Å². The zero-order valence-electron chi connectivity index (χ0n) is 18.5. The van der Waals surface area contributed by atoms with E-state index in [1.165, 1.54) is 18.2 Å². The van der Waals surface area contributed by atoms with Crippen molar-refractivity contribution in [2.45, 2.75) is 29.2 Å². The smallest absolute Gasteiger partial charge is 0.268 e. The molecule has 0 spiro atoms. The standard InChI is InChI=1S/C22H22FN7O3S/c1-13-19(34(32,33)16-3-4-17-14(9-16)11-24-26-17)10-18(29(13)2)22(31)25-15-7-8-30(12-15)21-6-5-20(23)27-28-21/h3-6,9-11,15H,7-8,12H2,1-2H3,(H,24,26)(H,25,31)/t15-/m1/s1. The lowest BCUT2D eigenvalue weighted by atomic mass is 10.2. The van der Waals surface area contributed by atoms with Crippen molar-refractivity contribution in [3.63, 3.8) is 0 Å². The lowest BCUT2D eigenvalue weighted by Crippen LogP contribution is -2.38. The number of benzene rings is 1. The van der Waals surface area contributed by atoms with E-state index in [1.807, 2.05) is 4.90 Å². The van der Waals surface area contributed by atoms with Crippen LogP contribution >= 0.6 is 0 Å². The number of aromatic amines is 1. The van der Waals surface area contributed by atoms with Crippen molar-refractivity contribution in [3.05, 3.63) is 59.9 Å². The van der Waals surface area contributed by atoms with Gasteiger partial charge in [-0.05, 0) is 49.7 Å². The summed E-state index contributed by atoms with van der Waals surface area (Å²) in [6, 6.07) is 8.78. The number of H-pyrrole nitrogens is 1. The Balaban J connectivity index is 1.36. The topological polar surface area (TPSA) is 126 Å². The van der Waals surface area contributed by atoms with Crippen LogP contribution in [-0.4, -0.2) is 58.4 Å². The Morgan fingerprint density at radius 3 is 2.79 bits per heavy atom. The lowest BCUT2D eigenvalue weighted by molar-refractivity contribution is 0.0932. The van der Waals surface area contributed by atoms with Crippen LogP contribution in [0.1, 0.15) is 22.6 Å². The van der Waals surface area contributed by atoms with Crippen LogP contribution in [-0.2, 0) is 16.9 Å². The van der Waals surface area contributed by atoms with E-state index in [9.17, 15) is 17.6 Å². The number of amides is 1. The van der Waals surface area contributed by atoms with Gasteiger partial charge in [0.05, 0.1) is 21.5 Å². The molecule has 0 saturated carbocycles. The average Bonchev–Trinajstić information content (AvgIpc) is 3.54. The molecule has 34 heavy (non-hydrogen) atoms. The molecule has 12 heteroatoms. The molecule has 5 rings (SSSR count). The molecule has 3 aromatic heterocycles. The fourth-order valence-electron chi connectivity index (χ4n) is 4.20. The maximum absolute atomic E-state index is 13.4. The largest absolute Gasteiger partial charge is 0.353 e. The highest BCUT2D eigenvalue weighted by Gasteiger charge is 2.29. The van der Waals surface area contributed by atoms with E-state index in [2.05, 4.69) is 25.7 Å². The molecule has 2 N–H and O–H groups in total. The fourth-order valence-corrected chi connectivity index (χ4v) is 5.78. The summed E-state index contributed by atoms with van der Waals surface area (Å²) in [7, 11) is -2.18. The molecule has 1 aliphatic heterocycles. The number of rotatable bonds is 5. The second-order valence-electron chi connectivity index (χ2n) is 8.28. The number of halogens is 1. The predicted molar refractivity (Wildman–Crippen MR) is 122 cm³/mol. The molecule has 176 valence electrons. The maximum atomic E-state index is 13.4. The van der Waals surface area contributed by atoms with Gasteiger partial charge in [-0.25, -0.2) is 8.42 Å². The SMILES string of the molecule is Cc1c(S(=O)(=O)c2ccc3[nH]ncc3c2)cc(C(=O)N[C@@H]2CCN(c3ccc(F)nn3)C2)n1C. The normalized spacial score (nSPS) is 16.3. The van der Waals surface area contributed by atoms with E-state index in [-0.39, 0.29) is 27.4 Å². The molecular weight excluding hydrogens is 461 g/mol. The summed E-state index contributed by atoms with van der Waals surface area (Å²) in [6.07, 6.45) is 2.23. The first-order chi connectivity index (χ1) is 16.2. The minimum absolute atomic E-state index is 0.0811. The Hall–Kier alpha value is -3.80. The van der Waals surface area contributed by atoms with E-state index >= 15 is 0 Å². The third kappa shape index (κ3) is 3.79. The first-order valence-corrected chi connectivity index (χ1v) is 12.1. The zero-order chi connectivity index (χ0) is 24.0. The summed E-state index contributed by atoms with van der Waals surface area (Å²) < 4.78 is 41.3. The monoisotopic (exact) mass is 483 g/mol. The van der Waals surface area contributed by atoms with Gasteiger partial charge in [0.25, 0.3) is 5.91 Å². The van der Waals surface area contributed by atoms with Crippen LogP contribution in [0.15, 0.2) is 52.4 Å². The minimum Gasteiger partial charge on any atom is -0.353 e. The first kappa shape index (κ1) is 22.0. The van der Waals surface area contributed by atoms with Crippen LogP contribution in [0.5, 0.6) is 0 Å². The fraction of sp³-hybridized carbons (Fsp3) is 0.273. The molecule has 0 aliphatic carbocycles. The summed E-state index contributed by atoms with van der Waals surface area (Å²) in [4.78, 5) is 15.2. The van der Waals surface area contributed by atoms with Gasteiger partial charge >= 0.3 is 0 Å². The van der Waals surface area contributed by atoms with Gasteiger partial charge in [0, 0.05) is 37.3 Å². The van der Waals surface area contributed by atoms with Gasteiger partial charge in [0.1, 0.15) is 5.69 Å². The molecule has 1 aromatic carbocycles. The van der Waals surface area contributed by atoms with Gasteiger partial charge in [-0.1, -0.05) is 0 Å². The third-order valence-corrected chi connectivity index (χ3v) is 8.07. The molecule has 1 saturated heterocycles. The number of hydrogen-bond donors (Lipinski definition) is 2. The molecule has 1 aliphatic rings. The Bertz CT molecular complexity index is 1490. The second kappa shape index (κ2) is 8.20. The minimum atomic E-state index is -3.85. The van der Waals surface area contributed by atoms with E-state index in [0.717, 1.165) is 5.52 Å². The third-order valence-electron chi connectivity index (χ3n) is 6.20. The molecule has 0 bridgehead atoms. The first-order valence-electron chi connectivity index (χ1n) is 10.6. The van der Waals surface area contributed by atoms with Crippen LogP contribution in [0, 0.1) is 12.9 Å². The number of carbonyl (C=O) groups excluding carboxylic acids is 1. The van der Waals surface area contributed by atoms with E-state index in [1.54, 1.807) is 42.9 Å². The van der Waals surface area contributed by atoms with Crippen molar-refractivity contribution in [3.8, 4) is 0 Å². The average molecular weight is 484 g/mol. The molecular formula is C22H22FN7O3S. The number of anilines is 1. The number of nitrogens with zero attached hydrogens (tertiary/aromatic N) is 5. The molecule has 0 radical (unpaired) electrons. The quantitative estimate of drug-likeness (QED) is 0.445. The molecule has 4 heterocycles. The number of fused-ring (bicyclic) bond motifs is 1. The van der Waals surface area contributed by atoms with Gasteiger partial charge in [0.2, 0.25) is 15.8 Å². The van der Waals surface area contributed by atoms with Crippen LogP contribution < -0.4 is 10.2 Å². The Labute approximate surface area is 194 Å². The van der Waals surface area contributed by atoms with Crippen LogP contribution in [0.25, 0.3) is 10.9 Å². The predicted octanol–water partition coefficient (Wildman–Crippen LogP) is 1.98. The Morgan fingerprint density at radius 1 is 1.21 bits per heavy atom. The highest BCUT2D eigenvalue weighted by molar-refractivity contribution is 7.91. The van der Waals surface area contributed by atoms with Gasteiger partial charge in [-0.2, -0.15) is 9.49 Å². The van der Waals surface area contributed by atoms with Crippen LogP contribution in [0.3, 0.4) is 0 Å². The van der Waals surface area contributed by atoms with E-state index < -0.39 is 15.8 Å². The molecule has 4 aromatic rings. The molecule has 1 fully saturated rings. The van der Waals surface area contributed by atoms with Gasteiger partial charge in [0.15, 0.2) is 5.82 Å². The highest BCUT2D eigenvalue weighted by Crippen LogP contribution is 2.28. The van der Waals surface area contributed by atoms with E-state index in [4.69, 9.17) is 0 Å². The number of hydrogen-bond acceptors (Lipinski definition) is 7. The number of aromatic nitrogens is 5. The van der Waals surface area contributed by atoms with Crippen molar-refractivity contribution < 1.29 is 17.6 Å². The van der Waals surface area contributed by atoms with Crippen LogP contribution in [0.2, 0.25) is 0 Å². The Kier molecular flexibility index (Phi) is 5.31. The summed E-state index contributed by atoms with van der Waals surface area (Å²) in [5.74, 6) is -0.479. The molecule has 10 nitrogen and oxygen atoms in total. The van der Waals surface area contributed by atoms with Gasteiger partial charge < -0.3 is 14.8 Å². The summed E-state index contributed by atoms with van der Waals surface area (Å²) in [6.45, 7) is 2.80. The van der Waals surface area contributed by atoms with Crippen molar-refractivity contribution in [2.75, 3.05) is 18.0 Å². The van der Waals surface area contributed by atoms with Crippen molar-refractivity contribution >= 4 is 32.5 Å². The van der Waals surface area contributed by atoms with Crippen molar-refractivity contribution in [2.24, 2.45) is 7.05 Å². The molecule has 0 unspecified atom stereocenters. The summed E-state index contributed by atoms with van der Waals surface area (Å²) >= 11 is 0. The number of nitrogens with one attached hydrogen (secondary N) is 2. The Morgan fingerprint density at radius 2 is 2.03 bits per heavy atom. The summed E-state index contributed by atoms with van der Waals surface area (Å²) in [5.41, 5.74) is 1.45. The maximum Gasteiger partial charge on any atom is 0.268 e. The zero-order valence-corrected chi connectivity index (χ0v) is 19.3. The molecule has 1 atom stereocenters. The van der Waals surface area contributed by atoms with Crippen molar-refractivity contribution in [1.29, 1.82) is 0 Å². The van der Waals surface area contributed by atoms with Crippen LogP contribution in [0.4, 0.5) is 10.2 Å². The number of carbonyl (C=O) groups is 1. The van der Waals surface area contributed by atoms with Gasteiger partial charge in [-0.3, -0.25) is 9.89 Å².